The average molecular weight is 265 g/mol. The molecular formula is C8H12F2KO5. The molecule has 0 aromatic heterocycles. The average Bonchev–Trinajstić information content (AvgIpc) is 2.23. The van der Waals surface area contributed by atoms with E-state index in [0.29, 0.717) is 0 Å². The predicted octanol–water partition coefficient (Wildman–Crippen LogP) is -0.462. The number of hydrogen-bond donors (Lipinski definition) is 0. The van der Waals surface area contributed by atoms with Crippen molar-refractivity contribution in [1.82, 2.24) is 0 Å². The quantitative estimate of drug-likeness (QED) is 0.281. The molecule has 89 valence electrons. The Morgan fingerprint density at radius 1 is 1.06 bits per heavy atom. The minimum absolute atomic E-state index is 0. The standard InChI is InChI=1S/C8H11F2O5.K.H/c1-13-7(12)4(5(11)6(9)10)8(14-2)15-3;;/h6,8H,1-3H3;;. The Labute approximate surface area is 134 Å². The molecule has 16 heavy (non-hydrogen) atoms. The number of ketones is 1. The van der Waals surface area contributed by atoms with Crippen LogP contribution in [-0.2, 0) is 23.8 Å². The van der Waals surface area contributed by atoms with Gasteiger partial charge in [-0.2, -0.15) is 0 Å². The molecule has 0 saturated heterocycles. The number of carbonyl (C=O) groups is 2. The van der Waals surface area contributed by atoms with Gasteiger partial charge in [0, 0.05) is 14.2 Å². The summed E-state index contributed by atoms with van der Waals surface area (Å²) in [6.07, 6.45) is -4.77. The second-order valence-corrected chi connectivity index (χ2v) is 2.37. The van der Waals surface area contributed by atoms with Gasteiger partial charge in [0.25, 0.3) is 6.43 Å². The van der Waals surface area contributed by atoms with Gasteiger partial charge in [-0.05, 0) is 0 Å². The summed E-state index contributed by atoms with van der Waals surface area (Å²) in [6.45, 7) is 0. The molecule has 8 heteroatoms. The molecule has 0 N–H and O–H groups in total. The Hall–Kier alpha value is 0.556. The van der Waals surface area contributed by atoms with Crippen LogP contribution in [0.15, 0.2) is 0 Å². The maximum absolute atomic E-state index is 12.1. The molecule has 0 bridgehead atoms. The van der Waals surface area contributed by atoms with Gasteiger partial charge in [-0.25, -0.2) is 8.78 Å². The van der Waals surface area contributed by atoms with Crippen molar-refractivity contribution < 1.29 is 32.6 Å². The normalized spacial score (nSPS) is 10.5. The molecule has 0 aromatic rings. The molecule has 0 amide bonds. The van der Waals surface area contributed by atoms with Crippen LogP contribution in [0.25, 0.3) is 0 Å². The fourth-order valence-corrected chi connectivity index (χ4v) is 0.872. The zero-order valence-corrected chi connectivity index (χ0v) is 8.45. The van der Waals surface area contributed by atoms with E-state index in [1.54, 1.807) is 0 Å². The molecule has 0 aromatic carbocycles. The van der Waals surface area contributed by atoms with Crippen molar-refractivity contribution in [3.8, 4) is 0 Å². The summed E-state index contributed by atoms with van der Waals surface area (Å²) in [4.78, 5) is 22.0. The Morgan fingerprint density at radius 2 is 1.50 bits per heavy atom. The molecule has 1 radical (unpaired) electrons. The van der Waals surface area contributed by atoms with Gasteiger partial charge >= 0.3 is 57.4 Å². The number of rotatable bonds is 6. The first-order chi connectivity index (χ1) is 6.99. The molecule has 0 aliphatic carbocycles. The summed E-state index contributed by atoms with van der Waals surface area (Å²) in [5.74, 6) is -3.73. The van der Waals surface area contributed by atoms with E-state index in [0.717, 1.165) is 21.3 Å². The first-order valence-electron chi connectivity index (χ1n) is 3.82. The van der Waals surface area contributed by atoms with Crippen molar-refractivity contribution in [3.63, 3.8) is 0 Å². The summed E-state index contributed by atoms with van der Waals surface area (Å²) in [5.41, 5.74) is 0. The van der Waals surface area contributed by atoms with Crippen LogP contribution in [-0.4, -0.2) is 97.2 Å². The fourth-order valence-electron chi connectivity index (χ4n) is 0.872. The fraction of sp³-hybridized carbons (Fsp3) is 0.625. The van der Waals surface area contributed by atoms with E-state index < -0.39 is 30.4 Å². The number of methoxy groups -OCH3 is 3. The Bertz CT molecular complexity index is 232. The second kappa shape index (κ2) is 9.57. The van der Waals surface area contributed by atoms with Gasteiger partial charge in [0.15, 0.2) is 6.29 Å². The van der Waals surface area contributed by atoms with Crippen molar-refractivity contribution in [2.24, 2.45) is 0 Å². The SMILES string of the molecule is COC(=O)[C](C(=O)C(F)F)C(OC)OC.[KH]. The summed E-state index contributed by atoms with van der Waals surface area (Å²) in [7, 11) is 3.18. The minimum atomic E-state index is -3.31. The number of halogens is 2. The molecule has 0 rings (SSSR count). The van der Waals surface area contributed by atoms with E-state index in [2.05, 4.69) is 14.2 Å². The maximum atomic E-state index is 12.1. The monoisotopic (exact) mass is 265 g/mol. The van der Waals surface area contributed by atoms with Gasteiger partial charge in [0.1, 0.15) is 0 Å². The topological polar surface area (TPSA) is 61.8 Å². The van der Waals surface area contributed by atoms with Crippen LogP contribution in [0.5, 0.6) is 0 Å². The molecule has 0 saturated carbocycles. The van der Waals surface area contributed by atoms with Gasteiger partial charge in [0.2, 0.25) is 11.7 Å². The van der Waals surface area contributed by atoms with Crippen molar-refractivity contribution in [1.29, 1.82) is 0 Å². The van der Waals surface area contributed by atoms with E-state index >= 15 is 0 Å². The molecule has 0 spiro atoms. The number of ether oxygens (including phenoxy) is 3. The molecule has 0 atom stereocenters. The van der Waals surface area contributed by atoms with Gasteiger partial charge in [-0.15, -0.1) is 0 Å². The predicted molar refractivity (Wildman–Crippen MR) is 51.2 cm³/mol. The van der Waals surface area contributed by atoms with Crippen molar-refractivity contribution >= 4 is 63.1 Å². The van der Waals surface area contributed by atoms with Gasteiger partial charge in [-0.3, -0.25) is 9.59 Å². The van der Waals surface area contributed by atoms with Crippen LogP contribution in [0.3, 0.4) is 0 Å². The summed E-state index contributed by atoms with van der Waals surface area (Å²) < 4.78 is 37.5. The van der Waals surface area contributed by atoms with Crippen LogP contribution < -0.4 is 0 Å². The number of hydrogen-bond acceptors (Lipinski definition) is 5. The first kappa shape index (κ1) is 18.9. The molecule has 0 aliphatic rings. The third kappa shape index (κ3) is 5.26. The Kier molecular flexibility index (Phi) is 11.3. The summed E-state index contributed by atoms with van der Waals surface area (Å²) in [5, 5.41) is 0. The van der Waals surface area contributed by atoms with Crippen molar-refractivity contribution in [2.45, 2.75) is 12.7 Å². The van der Waals surface area contributed by atoms with Crippen LogP contribution in [0, 0.1) is 5.92 Å². The van der Waals surface area contributed by atoms with Gasteiger partial charge < -0.3 is 14.2 Å². The van der Waals surface area contributed by atoms with Gasteiger partial charge in [-0.1, -0.05) is 0 Å². The molecule has 0 aliphatic heterocycles. The first-order valence-corrected chi connectivity index (χ1v) is 3.82. The van der Waals surface area contributed by atoms with Crippen LogP contribution >= 0.6 is 0 Å². The zero-order valence-electron chi connectivity index (χ0n) is 8.45. The van der Waals surface area contributed by atoms with Gasteiger partial charge in [0.05, 0.1) is 7.11 Å². The number of carbonyl (C=O) groups excluding carboxylic acids is 2. The second-order valence-electron chi connectivity index (χ2n) is 2.37. The van der Waals surface area contributed by atoms with E-state index in [1.807, 2.05) is 0 Å². The number of alkyl halides is 2. The molecule has 0 fully saturated rings. The van der Waals surface area contributed by atoms with E-state index in [-0.39, 0.29) is 51.4 Å². The number of Topliss-reactive ketones (excluding diaryl/α,β-unsaturated/α-hetero) is 1. The van der Waals surface area contributed by atoms with E-state index in [9.17, 15) is 18.4 Å². The van der Waals surface area contributed by atoms with Crippen molar-refractivity contribution in [2.75, 3.05) is 21.3 Å². The molecule has 5 nitrogen and oxygen atoms in total. The number of esters is 1. The van der Waals surface area contributed by atoms with Crippen LogP contribution in [0.1, 0.15) is 0 Å². The molecular weight excluding hydrogens is 253 g/mol. The Morgan fingerprint density at radius 3 is 1.75 bits per heavy atom. The van der Waals surface area contributed by atoms with E-state index in [1.165, 1.54) is 0 Å². The third-order valence-electron chi connectivity index (χ3n) is 1.53. The zero-order chi connectivity index (χ0) is 12.0. The summed E-state index contributed by atoms with van der Waals surface area (Å²) >= 11 is 0. The molecule has 0 heterocycles. The Balaban J connectivity index is 0. The summed E-state index contributed by atoms with van der Waals surface area (Å²) in [6, 6.07) is 0. The third-order valence-corrected chi connectivity index (χ3v) is 1.53. The molecule has 0 unspecified atom stereocenters. The van der Waals surface area contributed by atoms with E-state index in [4.69, 9.17) is 0 Å². The van der Waals surface area contributed by atoms with Crippen LogP contribution in [0.4, 0.5) is 8.78 Å². The van der Waals surface area contributed by atoms with Crippen molar-refractivity contribution in [3.05, 3.63) is 5.92 Å². The van der Waals surface area contributed by atoms with Crippen LogP contribution in [0.2, 0.25) is 0 Å².